The van der Waals surface area contributed by atoms with Gasteiger partial charge in [-0.15, -0.1) is 0 Å². The quantitative estimate of drug-likeness (QED) is 0.716. The second-order valence-electron chi connectivity index (χ2n) is 4.45. The third-order valence-electron chi connectivity index (χ3n) is 2.57. The SMILES string of the molecule is CC(C)(CN)C(=O)Nc1ccccc1C(N)=O. The van der Waals surface area contributed by atoms with Crippen molar-refractivity contribution in [1.82, 2.24) is 0 Å². The smallest absolute Gasteiger partial charge is 0.250 e. The summed E-state index contributed by atoms with van der Waals surface area (Å²) >= 11 is 0. The number of nitrogens with one attached hydrogen (secondary N) is 1. The summed E-state index contributed by atoms with van der Waals surface area (Å²) in [5.74, 6) is -0.819. The molecular weight excluding hydrogens is 218 g/mol. The lowest BCUT2D eigenvalue weighted by Crippen LogP contribution is -2.37. The molecule has 0 aromatic heterocycles. The molecule has 5 nitrogen and oxygen atoms in total. The van der Waals surface area contributed by atoms with Gasteiger partial charge in [0.15, 0.2) is 0 Å². The lowest BCUT2D eigenvalue weighted by atomic mass is 9.92. The fourth-order valence-corrected chi connectivity index (χ4v) is 1.19. The zero-order chi connectivity index (χ0) is 13.1. The minimum Gasteiger partial charge on any atom is -0.366 e. The number of anilines is 1. The topological polar surface area (TPSA) is 98.2 Å². The fraction of sp³-hybridized carbons (Fsp3) is 0.333. The molecule has 0 spiro atoms. The molecule has 0 bridgehead atoms. The third kappa shape index (κ3) is 3.04. The Labute approximate surface area is 100 Å². The first-order valence-electron chi connectivity index (χ1n) is 5.29. The van der Waals surface area contributed by atoms with Crippen molar-refractivity contribution in [1.29, 1.82) is 0 Å². The van der Waals surface area contributed by atoms with Crippen LogP contribution >= 0.6 is 0 Å². The molecule has 1 rings (SSSR count). The Bertz CT molecular complexity index is 441. The number of hydrogen-bond donors (Lipinski definition) is 3. The highest BCUT2D eigenvalue weighted by Gasteiger charge is 2.26. The molecule has 5 N–H and O–H groups in total. The minimum atomic E-state index is -0.690. The third-order valence-corrected chi connectivity index (χ3v) is 2.57. The van der Waals surface area contributed by atoms with Gasteiger partial charge in [-0.3, -0.25) is 9.59 Å². The van der Waals surface area contributed by atoms with Crippen LogP contribution in [0.1, 0.15) is 24.2 Å². The van der Waals surface area contributed by atoms with E-state index < -0.39 is 11.3 Å². The molecule has 0 atom stereocenters. The molecule has 0 aliphatic heterocycles. The van der Waals surface area contributed by atoms with Gasteiger partial charge in [0.05, 0.1) is 16.7 Å². The largest absolute Gasteiger partial charge is 0.366 e. The average Bonchev–Trinajstić information content (AvgIpc) is 2.29. The van der Waals surface area contributed by atoms with Crippen molar-refractivity contribution in [2.45, 2.75) is 13.8 Å². The highest BCUT2D eigenvalue weighted by molar-refractivity contribution is 6.04. The first-order valence-corrected chi connectivity index (χ1v) is 5.29. The van der Waals surface area contributed by atoms with Crippen LogP contribution in [-0.4, -0.2) is 18.4 Å². The van der Waals surface area contributed by atoms with Crippen molar-refractivity contribution < 1.29 is 9.59 Å². The van der Waals surface area contributed by atoms with Crippen molar-refractivity contribution in [3.63, 3.8) is 0 Å². The lowest BCUT2D eigenvalue weighted by Gasteiger charge is -2.21. The monoisotopic (exact) mass is 235 g/mol. The molecule has 92 valence electrons. The number of nitrogens with two attached hydrogens (primary N) is 2. The Hall–Kier alpha value is -1.88. The summed E-state index contributed by atoms with van der Waals surface area (Å²) in [5.41, 5.74) is 10.7. The van der Waals surface area contributed by atoms with Crippen LogP contribution in [-0.2, 0) is 4.79 Å². The number of primary amides is 1. The predicted molar refractivity (Wildman–Crippen MR) is 66.4 cm³/mol. The number of carbonyl (C=O) groups is 2. The highest BCUT2D eigenvalue weighted by Crippen LogP contribution is 2.19. The van der Waals surface area contributed by atoms with Gasteiger partial charge in [0.25, 0.3) is 5.91 Å². The number of carbonyl (C=O) groups excluding carboxylic acids is 2. The van der Waals surface area contributed by atoms with Crippen LogP contribution < -0.4 is 16.8 Å². The van der Waals surface area contributed by atoms with Crippen LogP contribution in [0.2, 0.25) is 0 Å². The van der Waals surface area contributed by atoms with E-state index in [2.05, 4.69) is 5.32 Å². The van der Waals surface area contributed by atoms with Crippen molar-refractivity contribution >= 4 is 17.5 Å². The predicted octanol–water partition coefficient (Wildman–Crippen LogP) is 0.709. The number of hydrogen-bond acceptors (Lipinski definition) is 3. The first-order chi connectivity index (χ1) is 7.88. The van der Waals surface area contributed by atoms with Gasteiger partial charge >= 0.3 is 0 Å². The van der Waals surface area contributed by atoms with E-state index >= 15 is 0 Å². The first kappa shape index (κ1) is 13.2. The molecule has 0 saturated carbocycles. The number of para-hydroxylation sites is 1. The van der Waals surface area contributed by atoms with Crippen LogP contribution in [0.5, 0.6) is 0 Å². The molecule has 2 amide bonds. The average molecular weight is 235 g/mol. The molecule has 0 radical (unpaired) electrons. The summed E-state index contributed by atoms with van der Waals surface area (Å²) < 4.78 is 0. The number of benzene rings is 1. The normalized spacial score (nSPS) is 11.0. The van der Waals surface area contributed by atoms with Crippen molar-refractivity contribution in [2.24, 2.45) is 16.9 Å². The Morgan fingerprint density at radius 3 is 2.41 bits per heavy atom. The Morgan fingerprint density at radius 1 is 1.29 bits per heavy atom. The summed E-state index contributed by atoms with van der Waals surface area (Å²) in [5, 5.41) is 2.66. The van der Waals surface area contributed by atoms with E-state index in [1.807, 2.05) is 0 Å². The Kier molecular flexibility index (Phi) is 3.85. The van der Waals surface area contributed by atoms with Crippen LogP contribution in [0.3, 0.4) is 0 Å². The molecule has 0 aliphatic carbocycles. The summed E-state index contributed by atoms with van der Waals surface area (Å²) in [4.78, 5) is 23.1. The summed E-state index contributed by atoms with van der Waals surface area (Å²) in [6, 6.07) is 6.60. The summed E-state index contributed by atoms with van der Waals surface area (Å²) in [6.07, 6.45) is 0. The Balaban J connectivity index is 2.97. The van der Waals surface area contributed by atoms with E-state index in [4.69, 9.17) is 11.5 Å². The molecular formula is C12H17N3O2. The van der Waals surface area contributed by atoms with Gasteiger partial charge in [0, 0.05) is 6.54 Å². The number of amides is 2. The highest BCUT2D eigenvalue weighted by atomic mass is 16.2. The molecule has 17 heavy (non-hydrogen) atoms. The minimum absolute atomic E-state index is 0.220. The maximum Gasteiger partial charge on any atom is 0.250 e. The van der Waals surface area contributed by atoms with E-state index in [-0.39, 0.29) is 18.0 Å². The second kappa shape index (κ2) is 4.97. The van der Waals surface area contributed by atoms with Gasteiger partial charge < -0.3 is 16.8 Å². The second-order valence-corrected chi connectivity index (χ2v) is 4.45. The maximum atomic E-state index is 11.9. The molecule has 0 fully saturated rings. The molecule has 0 aliphatic rings. The van der Waals surface area contributed by atoms with Crippen LogP contribution in [0, 0.1) is 5.41 Å². The van der Waals surface area contributed by atoms with Gasteiger partial charge in [0.1, 0.15) is 0 Å². The van der Waals surface area contributed by atoms with Gasteiger partial charge in [-0.2, -0.15) is 0 Å². The van der Waals surface area contributed by atoms with Crippen molar-refractivity contribution in [3.8, 4) is 0 Å². The van der Waals surface area contributed by atoms with Crippen molar-refractivity contribution in [3.05, 3.63) is 29.8 Å². The molecule has 0 heterocycles. The van der Waals surface area contributed by atoms with Gasteiger partial charge in [-0.25, -0.2) is 0 Å². The van der Waals surface area contributed by atoms with E-state index in [1.165, 1.54) is 0 Å². The van der Waals surface area contributed by atoms with E-state index in [0.29, 0.717) is 5.69 Å². The standard InChI is InChI=1S/C12H17N3O2/c1-12(2,7-13)11(17)15-9-6-4-3-5-8(9)10(14)16/h3-6H,7,13H2,1-2H3,(H2,14,16)(H,15,17). The summed E-state index contributed by atoms with van der Waals surface area (Å²) in [7, 11) is 0. The van der Waals surface area contributed by atoms with Gasteiger partial charge in [-0.05, 0) is 26.0 Å². The molecule has 5 heteroatoms. The van der Waals surface area contributed by atoms with Gasteiger partial charge in [0.2, 0.25) is 5.91 Å². The maximum absolute atomic E-state index is 11.9. The Morgan fingerprint density at radius 2 is 1.88 bits per heavy atom. The van der Waals surface area contributed by atoms with E-state index in [0.717, 1.165) is 0 Å². The molecule has 0 unspecified atom stereocenters. The van der Waals surface area contributed by atoms with E-state index in [9.17, 15) is 9.59 Å². The van der Waals surface area contributed by atoms with Crippen LogP contribution in [0.15, 0.2) is 24.3 Å². The van der Waals surface area contributed by atoms with Crippen molar-refractivity contribution in [2.75, 3.05) is 11.9 Å². The van der Waals surface area contributed by atoms with Crippen LogP contribution in [0.25, 0.3) is 0 Å². The molecule has 1 aromatic carbocycles. The lowest BCUT2D eigenvalue weighted by molar-refractivity contribution is -0.123. The molecule has 0 saturated heterocycles. The zero-order valence-corrected chi connectivity index (χ0v) is 9.99. The van der Waals surface area contributed by atoms with Gasteiger partial charge in [-0.1, -0.05) is 12.1 Å². The molecule has 1 aromatic rings. The zero-order valence-electron chi connectivity index (χ0n) is 9.99. The fourth-order valence-electron chi connectivity index (χ4n) is 1.19. The number of rotatable bonds is 4. The van der Waals surface area contributed by atoms with E-state index in [1.54, 1.807) is 38.1 Å². The summed E-state index contributed by atoms with van der Waals surface area (Å²) in [6.45, 7) is 3.68. The van der Waals surface area contributed by atoms with Crippen LogP contribution in [0.4, 0.5) is 5.69 Å².